The maximum Gasteiger partial charge on any atom is 0.433 e. The summed E-state index contributed by atoms with van der Waals surface area (Å²) in [5.41, 5.74) is 0.551. The Morgan fingerprint density at radius 1 is 1.06 bits per heavy atom. The zero-order valence-corrected chi connectivity index (χ0v) is 19.0. The van der Waals surface area contributed by atoms with Gasteiger partial charge in [0, 0.05) is 44.3 Å². The molecule has 1 aliphatic heterocycles. The van der Waals surface area contributed by atoms with E-state index in [1.165, 1.54) is 6.20 Å². The molecule has 0 bridgehead atoms. The Hall–Kier alpha value is -2.36. The fourth-order valence-electron chi connectivity index (χ4n) is 4.10. The van der Waals surface area contributed by atoms with Gasteiger partial charge in [0.25, 0.3) is 5.91 Å². The first-order valence-electron chi connectivity index (χ1n) is 10.6. The normalized spacial score (nSPS) is 17.7. The van der Waals surface area contributed by atoms with Gasteiger partial charge >= 0.3 is 6.18 Å². The first-order chi connectivity index (χ1) is 15.7. The molecule has 0 N–H and O–H groups in total. The molecule has 6 nitrogen and oxygen atoms in total. The van der Waals surface area contributed by atoms with E-state index in [-0.39, 0.29) is 23.0 Å². The second-order valence-electron chi connectivity index (χ2n) is 8.45. The van der Waals surface area contributed by atoms with E-state index in [4.69, 9.17) is 23.2 Å². The van der Waals surface area contributed by atoms with Gasteiger partial charge in [-0.1, -0.05) is 29.3 Å². The van der Waals surface area contributed by atoms with E-state index in [0.29, 0.717) is 48.5 Å². The van der Waals surface area contributed by atoms with Crippen molar-refractivity contribution in [3.63, 3.8) is 0 Å². The smallest absolute Gasteiger partial charge is 0.336 e. The molecule has 1 aromatic carbocycles. The third-order valence-corrected chi connectivity index (χ3v) is 6.80. The van der Waals surface area contributed by atoms with Crippen LogP contribution in [0.3, 0.4) is 0 Å². The highest BCUT2D eigenvalue weighted by atomic mass is 35.5. The summed E-state index contributed by atoms with van der Waals surface area (Å²) in [5, 5.41) is 4.85. The summed E-state index contributed by atoms with van der Waals surface area (Å²) in [5.74, 6) is -0.341. The highest BCUT2D eigenvalue weighted by Crippen LogP contribution is 2.41. The summed E-state index contributed by atoms with van der Waals surface area (Å²) in [6.45, 7) is 2.81. The quantitative estimate of drug-likeness (QED) is 0.514. The molecule has 2 aliphatic rings. The summed E-state index contributed by atoms with van der Waals surface area (Å²) < 4.78 is 41.6. The molecule has 0 spiro atoms. The fraction of sp³-hybridized carbons (Fsp3) is 0.409. The van der Waals surface area contributed by atoms with Gasteiger partial charge in [-0.3, -0.25) is 9.69 Å². The third kappa shape index (κ3) is 4.54. The van der Waals surface area contributed by atoms with E-state index in [0.717, 1.165) is 29.0 Å². The van der Waals surface area contributed by atoms with Gasteiger partial charge in [-0.15, -0.1) is 0 Å². The predicted octanol–water partition coefficient (Wildman–Crippen LogP) is 4.89. The Kier molecular flexibility index (Phi) is 5.74. The Labute approximate surface area is 197 Å². The summed E-state index contributed by atoms with van der Waals surface area (Å²) in [6.07, 6.45) is -1.79. The average Bonchev–Trinajstić information content (AvgIpc) is 3.54. The first-order valence-corrected chi connectivity index (χ1v) is 11.4. The van der Waals surface area contributed by atoms with Crippen molar-refractivity contribution in [2.75, 3.05) is 26.2 Å². The van der Waals surface area contributed by atoms with E-state index < -0.39 is 11.9 Å². The van der Waals surface area contributed by atoms with Gasteiger partial charge in [0.1, 0.15) is 11.3 Å². The van der Waals surface area contributed by atoms with Crippen LogP contribution in [0.2, 0.25) is 10.0 Å². The minimum Gasteiger partial charge on any atom is -0.336 e. The number of carbonyl (C=O) groups excluding carboxylic acids is 1. The van der Waals surface area contributed by atoms with Crippen LogP contribution in [-0.4, -0.2) is 56.5 Å². The van der Waals surface area contributed by atoms with E-state index in [1.807, 2.05) is 12.1 Å². The number of nitrogens with zero attached hydrogens (tertiary/aromatic N) is 5. The lowest BCUT2D eigenvalue weighted by Gasteiger charge is -2.34. The van der Waals surface area contributed by atoms with Crippen LogP contribution in [0.25, 0.3) is 5.65 Å². The van der Waals surface area contributed by atoms with Crippen LogP contribution >= 0.6 is 23.2 Å². The Bertz CT molecular complexity index is 1220. The van der Waals surface area contributed by atoms with E-state index >= 15 is 0 Å². The number of amides is 1. The molecule has 33 heavy (non-hydrogen) atoms. The SMILES string of the molecule is O=C(c1cnn2c(C(F)(F)F)cc(C3CC3)nc12)N1CCN(Cc2ccc(Cl)c(Cl)c2)CC1. The van der Waals surface area contributed by atoms with Crippen LogP contribution in [0.4, 0.5) is 13.2 Å². The number of hydrogen-bond donors (Lipinski definition) is 0. The standard InChI is InChI=1S/C22H20Cl2F3N5O/c23-16-4-1-13(9-17(16)24)12-30-5-7-31(8-6-30)21(33)15-11-28-32-19(22(25,26)27)10-18(14-2-3-14)29-20(15)32/h1,4,9-11,14H,2-3,5-8,12H2. The van der Waals surface area contributed by atoms with E-state index in [1.54, 1.807) is 11.0 Å². The molecule has 11 heteroatoms. The van der Waals surface area contributed by atoms with Crippen LogP contribution in [0.1, 0.15) is 46.1 Å². The number of halogens is 5. The topological polar surface area (TPSA) is 53.7 Å². The molecule has 174 valence electrons. The molecule has 2 fully saturated rings. The molecule has 1 amide bonds. The highest BCUT2D eigenvalue weighted by Gasteiger charge is 2.38. The second kappa shape index (κ2) is 8.45. The molecular formula is C22H20Cl2F3N5O. The van der Waals surface area contributed by atoms with Crippen LogP contribution in [-0.2, 0) is 12.7 Å². The molecule has 2 aromatic heterocycles. The van der Waals surface area contributed by atoms with Crippen LogP contribution in [0.5, 0.6) is 0 Å². The fourth-order valence-corrected chi connectivity index (χ4v) is 4.42. The summed E-state index contributed by atoms with van der Waals surface area (Å²) in [7, 11) is 0. The number of hydrogen-bond acceptors (Lipinski definition) is 4. The lowest BCUT2D eigenvalue weighted by Crippen LogP contribution is -2.48. The zero-order valence-electron chi connectivity index (χ0n) is 17.4. The maximum atomic E-state index is 13.6. The molecule has 1 aliphatic carbocycles. The minimum atomic E-state index is -4.59. The molecule has 1 saturated heterocycles. The van der Waals surface area contributed by atoms with Crippen molar-refractivity contribution in [3.8, 4) is 0 Å². The summed E-state index contributed by atoms with van der Waals surface area (Å²) in [4.78, 5) is 21.4. The van der Waals surface area contributed by atoms with Crippen molar-refractivity contribution in [1.29, 1.82) is 0 Å². The molecule has 0 atom stereocenters. The summed E-state index contributed by atoms with van der Waals surface area (Å²) in [6, 6.07) is 6.53. The van der Waals surface area contributed by atoms with Crippen molar-refractivity contribution in [2.24, 2.45) is 0 Å². The Balaban J connectivity index is 1.33. The van der Waals surface area contributed by atoms with Crippen molar-refractivity contribution in [2.45, 2.75) is 31.5 Å². The van der Waals surface area contributed by atoms with Crippen molar-refractivity contribution >= 4 is 34.8 Å². The average molecular weight is 498 g/mol. The van der Waals surface area contributed by atoms with Crippen molar-refractivity contribution in [1.82, 2.24) is 24.4 Å². The number of piperazine rings is 1. The van der Waals surface area contributed by atoms with Gasteiger partial charge in [-0.05, 0) is 36.6 Å². The molecule has 5 rings (SSSR count). The van der Waals surface area contributed by atoms with Crippen LogP contribution in [0.15, 0.2) is 30.5 Å². The van der Waals surface area contributed by atoms with Gasteiger partial charge in [-0.25, -0.2) is 9.50 Å². The van der Waals surface area contributed by atoms with Gasteiger partial charge in [0.05, 0.1) is 16.2 Å². The predicted molar refractivity (Wildman–Crippen MR) is 118 cm³/mol. The van der Waals surface area contributed by atoms with Gasteiger partial charge in [-0.2, -0.15) is 18.3 Å². The third-order valence-electron chi connectivity index (χ3n) is 6.06. The highest BCUT2D eigenvalue weighted by molar-refractivity contribution is 6.42. The Morgan fingerprint density at radius 3 is 2.42 bits per heavy atom. The minimum absolute atomic E-state index is 0.0128. The molecule has 1 saturated carbocycles. The lowest BCUT2D eigenvalue weighted by atomic mass is 10.2. The number of benzene rings is 1. The molecule has 0 radical (unpaired) electrons. The molecule has 0 unspecified atom stereocenters. The lowest BCUT2D eigenvalue weighted by molar-refractivity contribution is -0.142. The number of fused-ring (bicyclic) bond motifs is 1. The monoisotopic (exact) mass is 497 g/mol. The van der Waals surface area contributed by atoms with Gasteiger partial charge < -0.3 is 4.90 Å². The van der Waals surface area contributed by atoms with Gasteiger partial charge in [0.15, 0.2) is 5.65 Å². The molecule has 3 heterocycles. The van der Waals surface area contributed by atoms with Crippen molar-refractivity contribution < 1.29 is 18.0 Å². The number of alkyl halides is 3. The zero-order chi connectivity index (χ0) is 23.3. The van der Waals surface area contributed by atoms with E-state index in [2.05, 4.69) is 15.0 Å². The maximum absolute atomic E-state index is 13.6. The summed E-state index contributed by atoms with van der Waals surface area (Å²) >= 11 is 12.1. The van der Waals surface area contributed by atoms with Crippen molar-refractivity contribution in [3.05, 3.63) is 63.0 Å². The number of carbonyl (C=O) groups is 1. The number of aromatic nitrogens is 3. The van der Waals surface area contributed by atoms with E-state index in [9.17, 15) is 18.0 Å². The van der Waals surface area contributed by atoms with Crippen LogP contribution in [0, 0.1) is 0 Å². The van der Waals surface area contributed by atoms with Crippen LogP contribution < -0.4 is 0 Å². The Morgan fingerprint density at radius 2 is 1.79 bits per heavy atom. The molecular weight excluding hydrogens is 478 g/mol. The first kappa shape index (κ1) is 22.4. The second-order valence-corrected chi connectivity index (χ2v) is 9.26. The van der Waals surface area contributed by atoms with Gasteiger partial charge in [0.2, 0.25) is 0 Å². The number of rotatable bonds is 4. The molecule has 3 aromatic rings. The largest absolute Gasteiger partial charge is 0.433 e.